The Morgan fingerprint density at radius 3 is 2.50 bits per heavy atom. The van der Waals surface area contributed by atoms with Crippen LogP contribution in [0, 0.1) is 5.82 Å². The number of aromatic nitrogens is 3. The number of rotatable bonds is 9. The molecule has 9 nitrogen and oxygen atoms in total. The largest absolute Gasteiger partial charge is 0.488 e. The molecule has 0 radical (unpaired) electrons. The summed E-state index contributed by atoms with van der Waals surface area (Å²) in [5, 5.41) is 8.52. The highest BCUT2D eigenvalue weighted by Crippen LogP contribution is 2.24. The summed E-state index contributed by atoms with van der Waals surface area (Å²) in [6, 6.07) is 18.7. The average Bonchev–Trinajstić information content (AvgIpc) is 2.95. The first kappa shape index (κ1) is 29.3. The lowest BCUT2D eigenvalue weighted by Crippen LogP contribution is -2.37. The topological polar surface area (TPSA) is 96.8 Å². The van der Waals surface area contributed by atoms with Crippen molar-refractivity contribution in [3.8, 4) is 5.75 Å². The predicted octanol–water partition coefficient (Wildman–Crippen LogP) is 6.34. The Morgan fingerprint density at radius 1 is 0.975 bits per heavy atom. The predicted molar refractivity (Wildman–Crippen MR) is 158 cm³/mol. The van der Waals surface area contributed by atoms with E-state index in [0.717, 1.165) is 11.1 Å². The van der Waals surface area contributed by atoms with E-state index in [1.807, 2.05) is 35.2 Å². The van der Waals surface area contributed by atoms with E-state index < -0.39 is 0 Å². The van der Waals surface area contributed by atoms with Crippen LogP contribution in [-0.4, -0.2) is 47.5 Å². The fourth-order valence-corrected chi connectivity index (χ4v) is 4.17. The van der Waals surface area contributed by atoms with Crippen LogP contribution in [-0.2, 0) is 11.3 Å². The van der Waals surface area contributed by atoms with Crippen molar-refractivity contribution < 1.29 is 13.9 Å². The Bertz CT molecular complexity index is 1450. The molecule has 1 aromatic heterocycles. The minimum Gasteiger partial charge on any atom is -0.488 e. The van der Waals surface area contributed by atoms with Gasteiger partial charge in [0.05, 0.1) is 19.4 Å². The molecule has 2 heterocycles. The molecular formula is C27H25Cl3FN7O2. The maximum absolute atomic E-state index is 13.3. The second kappa shape index (κ2) is 14.1. The maximum atomic E-state index is 13.3. The summed E-state index contributed by atoms with van der Waals surface area (Å²) >= 11 is 12.3. The molecule has 2 N–H and O–H groups in total. The molecule has 0 spiro atoms. The number of hydrogen-bond acceptors (Lipinski definition) is 9. The Kier molecular flexibility index (Phi) is 10.3. The number of nitrogens with zero attached hydrogens (tertiary/aromatic N) is 5. The molecule has 5 rings (SSSR count). The van der Waals surface area contributed by atoms with E-state index in [1.165, 1.54) is 12.1 Å². The number of morpholine rings is 1. The van der Waals surface area contributed by atoms with Gasteiger partial charge in [0.2, 0.25) is 17.8 Å². The van der Waals surface area contributed by atoms with E-state index >= 15 is 0 Å². The molecule has 40 heavy (non-hydrogen) atoms. The molecule has 208 valence electrons. The summed E-state index contributed by atoms with van der Waals surface area (Å²) in [5.74, 6) is 1.29. The molecule has 1 aliphatic rings. The zero-order valence-corrected chi connectivity index (χ0v) is 23.4. The summed E-state index contributed by atoms with van der Waals surface area (Å²) in [4.78, 5) is 15.5. The highest BCUT2D eigenvalue weighted by Gasteiger charge is 2.17. The molecular weight excluding hydrogens is 580 g/mol. The van der Waals surface area contributed by atoms with Gasteiger partial charge in [0.1, 0.15) is 18.2 Å². The smallest absolute Gasteiger partial charge is 0.250 e. The maximum Gasteiger partial charge on any atom is 0.250 e. The highest BCUT2D eigenvalue weighted by molar-refractivity contribution is 6.35. The third kappa shape index (κ3) is 7.92. The van der Waals surface area contributed by atoms with E-state index in [4.69, 9.17) is 32.7 Å². The summed E-state index contributed by atoms with van der Waals surface area (Å²) < 4.78 is 24.8. The number of benzene rings is 3. The van der Waals surface area contributed by atoms with Crippen LogP contribution >= 0.6 is 35.6 Å². The minimum atomic E-state index is -0.331. The van der Waals surface area contributed by atoms with Crippen molar-refractivity contribution in [2.45, 2.75) is 6.61 Å². The number of hydrogen-bond donors (Lipinski definition) is 2. The van der Waals surface area contributed by atoms with Gasteiger partial charge in [-0.3, -0.25) is 0 Å². The fraction of sp³-hybridized carbons (Fsp3) is 0.185. The number of nitrogens with one attached hydrogen (secondary N) is 2. The van der Waals surface area contributed by atoms with E-state index in [-0.39, 0.29) is 30.8 Å². The van der Waals surface area contributed by atoms with Gasteiger partial charge in [-0.25, -0.2) is 9.82 Å². The zero-order chi connectivity index (χ0) is 27.0. The van der Waals surface area contributed by atoms with Crippen molar-refractivity contribution in [3.63, 3.8) is 0 Å². The second-order valence-corrected chi connectivity index (χ2v) is 9.29. The van der Waals surface area contributed by atoms with Crippen LogP contribution in [0.4, 0.5) is 27.9 Å². The van der Waals surface area contributed by atoms with Gasteiger partial charge in [0, 0.05) is 39.9 Å². The Morgan fingerprint density at radius 2 is 1.73 bits per heavy atom. The molecule has 1 fully saturated rings. The second-order valence-electron chi connectivity index (χ2n) is 8.45. The number of ether oxygens (including phenoxy) is 2. The van der Waals surface area contributed by atoms with Gasteiger partial charge >= 0.3 is 0 Å². The van der Waals surface area contributed by atoms with Crippen molar-refractivity contribution in [1.82, 2.24) is 15.0 Å². The molecule has 4 aromatic rings. The molecule has 3 aromatic carbocycles. The Balaban J connectivity index is 0.00000370. The van der Waals surface area contributed by atoms with Gasteiger partial charge in [-0.15, -0.1) is 12.4 Å². The zero-order valence-electron chi connectivity index (χ0n) is 21.1. The number of hydrazone groups is 1. The van der Waals surface area contributed by atoms with E-state index in [9.17, 15) is 4.39 Å². The van der Waals surface area contributed by atoms with Crippen LogP contribution in [0.1, 0.15) is 11.1 Å². The number of halogens is 4. The lowest BCUT2D eigenvalue weighted by atomic mass is 10.2. The first-order valence-electron chi connectivity index (χ1n) is 12.1. The van der Waals surface area contributed by atoms with Crippen molar-refractivity contribution in [1.29, 1.82) is 0 Å². The van der Waals surface area contributed by atoms with Crippen LogP contribution in [0.5, 0.6) is 5.75 Å². The van der Waals surface area contributed by atoms with Gasteiger partial charge in [-0.05, 0) is 48.5 Å². The van der Waals surface area contributed by atoms with Gasteiger partial charge < -0.3 is 19.7 Å². The van der Waals surface area contributed by atoms with Crippen molar-refractivity contribution in [2.24, 2.45) is 5.10 Å². The van der Waals surface area contributed by atoms with Gasteiger partial charge in [-0.2, -0.15) is 20.1 Å². The lowest BCUT2D eigenvalue weighted by molar-refractivity contribution is 0.122. The van der Waals surface area contributed by atoms with Gasteiger partial charge in [0.15, 0.2) is 0 Å². The van der Waals surface area contributed by atoms with Gasteiger partial charge in [0.25, 0.3) is 0 Å². The van der Waals surface area contributed by atoms with Crippen LogP contribution in [0.25, 0.3) is 0 Å². The molecule has 0 unspecified atom stereocenters. The molecule has 13 heteroatoms. The van der Waals surface area contributed by atoms with Crippen LogP contribution in [0.15, 0.2) is 71.8 Å². The third-order valence-corrected chi connectivity index (χ3v) is 6.29. The van der Waals surface area contributed by atoms with E-state index in [2.05, 4.69) is 30.8 Å². The Labute approximate surface area is 246 Å². The summed E-state index contributed by atoms with van der Waals surface area (Å²) in [6.45, 7) is 2.70. The molecule has 1 aliphatic heterocycles. The van der Waals surface area contributed by atoms with Crippen molar-refractivity contribution in [3.05, 3.63) is 93.7 Å². The standard InChI is InChI=1S/C27H24Cl2FN7O2.ClH/c28-20-6-5-19(23(29)15-20)17-39-24-4-2-1-3-18(24)16-31-36-26-33-25(32-22-9-7-21(30)8-10-22)34-27(35-26)37-11-13-38-14-12-37;/h1-10,15-16H,11-14,17H2,(H2,32,33,34,35,36);1H/b31-16+;. The van der Waals surface area contributed by atoms with Crippen LogP contribution < -0.4 is 20.4 Å². The molecule has 0 saturated carbocycles. The SMILES string of the molecule is Cl.Fc1ccc(Nc2nc(N/N=C/c3ccccc3OCc3ccc(Cl)cc3Cl)nc(N3CCOCC3)n2)cc1. The molecule has 0 aliphatic carbocycles. The van der Waals surface area contributed by atoms with Crippen molar-refractivity contribution in [2.75, 3.05) is 41.9 Å². The van der Waals surface area contributed by atoms with E-state index in [0.29, 0.717) is 59.7 Å². The summed E-state index contributed by atoms with van der Waals surface area (Å²) in [5.41, 5.74) is 5.07. The molecule has 0 atom stereocenters. The third-order valence-electron chi connectivity index (χ3n) is 5.70. The Hall–Kier alpha value is -3.70. The monoisotopic (exact) mass is 603 g/mol. The first-order chi connectivity index (χ1) is 19.0. The van der Waals surface area contributed by atoms with Gasteiger partial charge in [-0.1, -0.05) is 41.4 Å². The van der Waals surface area contributed by atoms with Crippen molar-refractivity contribution >= 4 is 65.4 Å². The molecule has 1 saturated heterocycles. The van der Waals surface area contributed by atoms with Crippen LogP contribution in [0.3, 0.4) is 0 Å². The average molecular weight is 605 g/mol. The number of para-hydroxylation sites is 1. The summed E-state index contributed by atoms with van der Waals surface area (Å²) in [6.07, 6.45) is 1.62. The van der Waals surface area contributed by atoms with Crippen LogP contribution in [0.2, 0.25) is 10.0 Å². The summed E-state index contributed by atoms with van der Waals surface area (Å²) in [7, 11) is 0. The fourth-order valence-electron chi connectivity index (χ4n) is 3.71. The number of anilines is 4. The highest BCUT2D eigenvalue weighted by atomic mass is 35.5. The normalized spacial score (nSPS) is 13.1. The van der Waals surface area contributed by atoms with E-state index in [1.54, 1.807) is 30.5 Å². The molecule has 0 bridgehead atoms. The lowest BCUT2D eigenvalue weighted by Gasteiger charge is -2.27. The first-order valence-corrected chi connectivity index (χ1v) is 12.9. The minimum absolute atomic E-state index is 0. The molecule has 0 amide bonds. The quantitative estimate of drug-likeness (QED) is 0.169.